The van der Waals surface area contributed by atoms with Gasteiger partial charge in [0.15, 0.2) is 6.61 Å². The van der Waals surface area contributed by atoms with E-state index in [0.717, 1.165) is 31.4 Å². The van der Waals surface area contributed by atoms with E-state index in [4.69, 9.17) is 21.1 Å². The van der Waals surface area contributed by atoms with Crippen molar-refractivity contribution < 1.29 is 23.5 Å². The highest BCUT2D eigenvalue weighted by Gasteiger charge is 2.33. The van der Waals surface area contributed by atoms with Crippen molar-refractivity contribution in [3.8, 4) is 0 Å². The average molecular weight is 371 g/mol. The van der Waals surface area contributed by atoms with Crippen LogP contribution >= 0.6 is 11.6 Å². The van der Waals surface area contributed by atoms with Crippen LogP contribution in [-0.4, -0.2) is 24.6 Å². The number of ether oxygens (including phenoxy) is 2. The molecule has 138 valence electrons. The molecule has 1 aromatic carbocycles. The molecule has 1 fully saturated rings. The number of hydrogen-bond acceptors (Lipinski definition) is 4. The molecule has 6 heteroatoms. The Morgan fingerprint density at radius 2 is 2.04 bits per heavy atom. The molecule has 1 saturated carbocycles. The van der Waals surface area contributed by atoms with Gasteiger partial charge in [-0.15, -0.1) is 0 Å². The third kappa shape index (κ3) is 5.43. The van der Waals surface area contributed by atoms with Crippen molar-refractivity contribution >= 4 is 23.5 Å². The zero-order valence-electron chi connectivity index (χ0n) is 14.8. The number of carbonyl (C=O) groups excluding carboxylic acids is 2. The van der Waals surface area contributed by atoms with Crippen LogP contribution in [0.4, 0.5) is 4.39 Å². The van der Waals surface area contributed by atoms with E-state index < -0.39 is 24.4 Å². The maximum absolute atomic E-state index is 13.0. The molecule has 0 spiro atoms. The van der Waals surface area contributed by atoms with Gasteiger partial charge in [-0.05, 0) is 48.8 Å². The quantitative estimate of drug-likeness (QED) is 0.708. The Morgan fingerprint density at radius 3 is 2.68 bits per heavy atom. The van der Waals surface area contributed by atoms with E-state index in [9.17, 15) is 14.0 Å². The SMILES string of the molecule is CC(C)[C@@H]1CC[C@@H](C)C[C@H]1OC(=O)COC(=O)c1ccc(F)cc1Cl. The predicted molar refractivity (Wildman–Crippen MR) is 92.9 cm³/mol. The number of esters is 2. The standard InChI is InChI=1S/C19H24ClFO4/c1-11(2)14-6-4-12(3)8-17(14)25-18(22)10-24-19(23)15-7-5-13(21)9-16(15)20/h5,7,9,11-12,14,17H,4,6,8,10H2,1-3H3/t12-,14+,17-/m1/s1. The van der Waals surface area contributed by atoms with Crippen molar-refractivity contribution in [1.29, 1.82) is 0 Å². The molecule has 25 heavy (non-hydrogen) atoms. The molecule has 0 amide bonds. The molecule has 0 heterocycles. The summed E-state index contributed by atoms with van der Waals surface area (Å²) in [5.74, 6) is -0.649. The molecule has 1 aromatic rings. The first kappa shape index (κ1) is 19.7. The lowest BCUT2D eigenvalue weighted by Gasteiger charge is -2.36. The molecular formula is C19H24ClFO4. The molecule has 0 saturated heterocycles. The third-order valence-corrected chi connectivity index (χ3v) is 5.03. The van der Waals surface area contributed by atoms with Crippen molar-refractivity contribution in [1.82, 2.24) is 0 Å². The molecule has 2 rings (SSSR count). The van der Waals surface area contributed by atoms with Gasteiger partial charge >= 0.3 is 11.9 Å². The van der Waals surface area contributed by atoms with Crippen LogP contribution in [0.1, 0.15) is 50.4 Å². The van der Waals surface area contributed by atoms with Crippen LogP contribution in [0.2, 0.25) is 5.02 Å². The first-order valence-corrected chi connectivity index (χ1v) is 8.97. The van der Waals surface area contributed by atoms with E-state index in [1.54, 1.807) is 0 Å². The largest absolute Gasteiger partial charge is 0.460 e. The van der Waals surface area contributed by atoms with E-state index in [-0.39, 0.29) is 16.7 Å². The second-order valence-electron chi connectivity index (χ2n) is 7.05. The summed E-state index contributed by atoms with van der Waals surface area (Å²) in [5, 5.41) is -0.0562. The number of rotatable bonds is 5. The summed E-state index contributed by atoms with van der Waals surface area (Å²) in [5.41, 5.74) is 0.0159. The summed E-state index contributed by atoms with van der Waals surface area (Å²) < 4.78 is 23.5. The number of benzene rings is 1. The molecule has 0 aliphatic heterocycles. The van der Waals surface area contributed by atoms with Crippen LogP contribution in [0.3, 0.4) is 0 Å². The summed E-state index contributed by atoms with van der Waals surface area (Å²) >= 11 is 5.81. The first-order chi connectivity index (χ1) is 11.8. The Morgan fingerprint density at radius 1 is 1.32 bits per heavy atom. The number of hydrogen-bond donors (Lipinski definition) is 0. The topological polar surface area (TPSA) is 52.6 Å². The Labute approximate surface area is 152 Å². The van der Waals surface area contributed by atoms with Crippen molar-refractivity contribution in [3.05, 3.63) is 34.6 Å². The van der Waals surface area contributed by atoms with Crippen LogP contribution in [0.5, 0.6) is 0 Å². The normalized spacial score (nSPS) is 23.4. The molecule has 1 aliphatic carbocycles. The van der Waals surface area contributed by atoms with E-state index >= 15 is 0 Å². The van der Waals surface area contributed by atoms with Crippen LogP contribution in [-0.2, 0) is 14.3 Å². The van der Waals surface area contributed by atoms with Gasteiger partial charge in [-0.2, -0.15) is 0 Å². The highest BCUT2D eigenvalue weighted by Crippen LogP contribution is 2.35. The van der Waals surface area contributed by atoms with Gasteiger partial charge in [-0.25, -0.2) is 14.0 Å². The molecule has 1 aliphatic rings. The lowest BCUT2D eigenvalue weighted by Crippen LogP contribution is -2.36. The fourth-order valence-corrected chi connectivity index (χ4v) is 3.55. The van der Waals surface area contributed by atoms with Gasteiger partial charge in [0.05, 0.1) is 10.6 Å². The van der Waals surface area contributed by atoms with Crippen molar-refractivity contribution in [2.75, 3.05) is 6.61 Å². The van der Waals surface area contributed by atoms with Gasteiger partial charge < -0.3 is 9.47 Å². The van der Waals surface area contributed by atoms with Gasteiger partial charge in [-0.3, -0.25) is 0 Å². The molecular weight excluding hydrogens is 347 g/mol. The predicted octanol–water partition coefficient (Wildman–Crippen LogP) is 4.64. The lowest BCUT2D eigenvalue weighted by molar-refractivity contribution is -0.159. The summed E-state index contributed by atoms with van der Waals surface area (Å²) in [6, 6.07) is 3.35. The van der Waals surface area contributed by atoms with Crippen molar-refractivity contribution in [2.24, 2.45) is 17.8 Å². The van der Waals surface area contributed by atoms with Crippen LogP contribution in [0, 0.1) is 23.6 Å². The lowest BCUT2D eigenvalue weighted by atomic mass is 9.75. The minimum absolute atomic E-state index is 0.0159. The fraction of sp³-hybridized carbons (Fsp3) is 0.579. The van der Waals surface area contributed by atoms with Crippen LogP contribution in [0.25, 0.3) is 0 Å². The first-order valence-electron chi connectivity index (χ1n) is 8.59. The molecule has 0 aromatic heterocycles. The number of halogens is 2. The Bertz CT molecular complexity index is 632. The summed E-state index contributed by atoms with van der Waals surface area (Å²) in [6.45, 7) is 5.91. The Hall–Kier alpha value is -1.62. The molecule has 0 radical (unpaired) electrons. The highest BCUT2D eigenvalue weighted by atomic mass is 35.5. The van der Waals surface area contributed by atoms with Crippen molar-refractivity contribution in [2.45, 2.75) is 46.1 Å². The monoisotopic (exact) mass is 370 g/mol. The second-order valence-corrected chi connectivity index (χ2v) is 7.46. The molecule has 0 unspecified atom stereocenters. The fourth-order valence-electron chi connectivity index (χ4n) is 3.31. The minimum atomic E-state index is -0.778. The van der Waals surface area contributed by atoms with Gasteiger partial charge in [0.25, 0.3) is 0 Å². The summed E-state index contributed by atoms with van der Waals surface area (Å²) in [4.78, 5) is 24.0. The van der Waals surface area contributed by atoms with E-state index in [1.165, 1.54) is 6.07 Å². The summed E-state index contributed by atoms with van der Waals surface area (Å²) in [7, 11) is 0. The van der Waals surface area contributed by atoms with Gasteiger partial charge in [0.1, 0.15) is 11.9 Å². The molecule has 0 N–H and O–H groups in total. The molecule has 0 bridgehead atoms. The van der Waals surface area contributed by atoms with E-state index in [2.05, 4.69) is 20.8 Å². The molecule has 3 atom stereocenters. The van der Waals surface area contributed by atoms with E-state index in [1.807, 2.05) is 0 Å². The zero-order chi connectivity index (χ0) is 18.6. The smallest absolute Gasteiger partial charge is 0.344 e. The van der Waals surface area contributed by atoms with Gasteiger partial charge in [-0.1, -0.05) is 38.8 Å². The second kappa shape index (κ2) is 8.65. The summed E-state index contributed by atoms with van der Waals surface area (Å²) in [6.07, 6.45) is 2.84. The minimum Gasteiger partial charge on any atom is -0.460 e. The zero-order valence-corrected chi connectivity index (χ0v) is 15.5. The molecule has 4 nitrogen and oxygen atoms in total. The van der Waals surface area contributed by atoms with Crippen LogP contribution in [0.15, 0.2) is 18.2 Å². The highest BCUT2D eigenvalue weighted by molar-refractivity contribution is 6.33. The van der Waals surface area contributed by atoms with Gasteiger partial charge in [0, 0.05) is 0 Å². The van der Waals surface area contributed by atoms with Gasteiger partial charge in [0.2, 0.25) is 0 Å². The van der Waals surface area contributed by atoms with E-state index in [0.29, 0.717) is 17.8 Å². The third-order valence-electron chi connectivity index (χ3n) is 4.72. The van der Waals surface area contributed by atoms with Crippen LogP contribution < -0.4 is 0 Å². The average Bonchev–Trinajstić information content (AvgIpc) is 2.52. The Kier molecular flexibility index (Phi) is 6.82. The Balaban J connectivity index is 1.90. The maximum atomic E-state index is 13.0. The van der Waals surface area contributed by atoms with Crippen molar-refractivity contribution in [3.63, 3.8) is 0 Å². The number of carbonyl (C=O) groups is 2. The maximum Gasteiger partial charge on any atom is 0.344 e.